The van der Waals surface area contributed by atoms with E-state index in [1.165, 1.54) is 0 Å². The van der Waals surface area contributed by atoms with Crippen molar-refractivity contribution in [3.8, 4) is 0 Å². The van der Waals surface area contributed by atoms with Gasteiger partial charge in [0.1, 0.15) is 0 Å². The fraction of sp³-hybridized carbons (Fsp3) is 0. The summed E-state index contributed by atoms with van der Waals surface area (Å²) >= 11 is 0.875. The van der Waals surface area contributed by atoms with Gasteiger partial charge in [-0.1, -0.05) is 0 Å². The van der Waals surface area contributed by atoms with Crippen LogP contribution in [0.5, 0.6) is 0 Å². The minimum atomic E-state index is 0.125. The van der Waals surface area contributed by atoms with Crippen LogP contribution in [0.3, 0.4) is 0 Å². The van der Waals surface area contributed by atoms with E-state index >= 15 is 0 Å². The van der Waals surface area contributed by atoms with Crippen LogP contribution in [0.1, 0.15) is 0 Å². The van der Waals surface area contributed by atoms with E-state index in [4.69, 9.17) is 7.10 Å². The summed E-state index contributed by atoms with van der Waals surface area (Å²) < 4.78 is 16.6. The standard InChI is InChI=1S/GeH2O.O.Ti/c1-2;;/h1H2;;. The monoisotopic (exact) mass is 156 g/mol. The van der Waals surface area contributed by atoms with Gasteiger partial charge in [-0.05, 0) is 0 Å². The van der Waals surface area contributed by atoms with E-state index in [0.29, 0.717) is 0 Å². The van der Waals surface area contributed by atoms with Crippen molar-refractivity contribution in [2.75, 3.05) is 0 Å². The third kappa shape index (κ3) is 13.4. The van der Waals surface area contributed by atoms with Crippen LogP contribution in [-0.2, 0) is 27.5 Å². The zero-order valence-electron chi connectivity index (χ0n) is 2.02. The van der Waals surface area contributed by atoms with Crippen molar-refractivity contribution in [3.05, 3.63) is 0 Å². The third-order valence-electron chi connectivity index (χ3n) is 0. The fourth-order valence-electron chi connectivity index (χ4n) is 0. The summed E-state index contributed by atoms with van der Waals surface area (Å²) in [6.07, 6.45) is 0. The van der Waals surface area contributed by atoms with Crippen LogP contribution in [0.25, 0.3) is 0 Å². The van der Waals surface area contributed by atoms with Gasteiger partial charge in [-0.25, -0.2) is 0 Å². The molecule has 0 bridgehead atoms. The summed E-state index contributed by atoms with van der Waals surface area (Å²) in [6.45, 7) is 0. The van der Waals surface area contributed by atoms with E-state index in [9.17, 15) is 0 Å². The maximum atomic E-state index is 8.38. The normalized spacial score (nSPS) is 1.75. The summed E-state index contributed by atoms with van der Waals surface area (Å²) in [5, 5.41) is 0. The summed E-state index contributed by atoms with van der Waals surface area (Å²) in [6, 6.07) is 0. The molecule has 0 amide bonds. The molecule has 4 heteroatoms. The molecule has 0 spiro atoms. The van der Waals surface area contributed by atoms with Gasteiger partial charge in [0.2, 0.25) is 0 Å². The van der Waals surface area contributed by atoms with Crippen molar-refractivity contribution in [1.82, 2.24) is 0 Å². The first-order valence-corrected chi connectivity index (χ1v) is 2.34. The zero-order chi connectivity index (χ0) is 4.00. The van der Waals surface area contributed by atoms with E-state index in [0.717, 1.165) is 20.4 Å². The second-order valence-electron chi connectivity index (χ2n) is 0. The molecule has 0 rings (SSSR count). The molecule has 0 aromatic carbocycles. The minimum absolute atomic E-state index is 0.125. The third-order valence-corrected chi connectivity index (χ3v) is 0. The molecule has 2 nitrogen and oxygen atoms in total. The second-order valence-corrected chi connectivity index (χ2v) is 0. The van der Waals surface area contributed by atoms with E-state index in [-0.39, 0.29) is 16.5 Å². The Labute approximate surface area is 44.1 Å². The van der Waals surface area contributed by atoms with Crippen molar-refractivity contribution in [2.45, 2.75) is 0 Å². The predicted molar refractivity (Wildman–Crippen MR) is 9.92 cm³/mol. The number of hydrogen-bond donors (Lipinski definition) is 0. The van der Waals surface area contributed by atoms with Crippen molar-refractivity contribution in [3.63, 3.8) is 0 Å². The molecule has 4 heavy (non-hydrogen) atoms. The first-order valence-electron chi connectivity index (χ1n) is 0.493. The van der Waals surface area contributed by atoms with Crippen LogP contribution >= 0.6 is 0 Å². The Balaban J connectivity index is 0. The molecule has 0 unspecified atom stereocenters. The summed E-state index contributed by atoms with van der Waals surface area (Å²) in [5.74, 6) is 0. The number of rotatable bonds is 0. The summed E-state index contributed by atoms with van der Waals surface area (Å²) in [4.78, 5) is 0. The first kappa shape index (κ1) is 8.85. The predicted octanol–water partition coefficient (Wildman–Crippen LogP) is -1.16. The van der Waals surface area contributed by atoms with Gasteiger partial charge in [0, 0.05) is 0 Å². The Hall–Kier alpha value is 0.857. The zero-order valence-corrected chi connectivity index (χ0v) is 6.55. The van der Waals surface area contributed by atoms with E-state index in [2.05, 4.69) is 0 Å². The SMILES string of the molecule is [O]=[GeH2].[O]=[Ti]. The molecular weight excluding hydrogens is 152 g/mol. The molecule has 0 N–H and O–H groups in total. The molecule has 0 fully saturated rings. The molecule has 0 heterocycles. The van der Waals surface area contributed by atoms with Gasteiger partial charge in [0.25, 0.3) is 0 Å². The van der Waals surface area contributed by atoms with Crippen LogP contribution in [0.2, 0.25) is 0 Å². The molecule has 0 radical (unpaired) electrons. The van der Waals surface area contributed by atoms with Gasteiger partial charge in [0.05, 0.1) is 0 Å². The molecular formula is H2GeO2Ti. The Morgan fingerprint density at radius 1 is 1.25 bits per heavy atom. The van der Waals surface area contributed by atoms with Gasteiger partial charge in [-0.15, -0.1) is 0 Å². The number of hydrogen-bond acceptors (Lipinski definition) is 2. The van der Waals surface area contributed by atoms with Gasteiger partial charge >= 0.3 is 44.0 Å². The van der Waals surface area contributed by atoms with Crippen molar-refractivity contribution < 1.29 is 27.5 Å². The van der Waals surface area contributed by atoms with Crippen molar-refractivity contribution in [1.29, 1.82) is 0 Å². The van der Waals surface area contributed by atoms with Crippen molar-refractivity contribution in [2.24, 2.45) is 0 Å². The van der Waals surface area contributed by atoms with Crippen LogP contribution in [0, 0.1) is 0 Å². The molecule has 0 saturated carbocycles. The molecule has 0 aliphatic rings. The van der Waals surface area contributed by atoms with Crippen LogP contribution in [-0.4, -0.2) is 16.5 Å². The van der Waals surface area contributed by atoms with Crippen molar-refractivity contribution >= 4 is 16.5 Å². The molecule has 22 valence electrons. The van der Waals surface area contributed by atoms with Gasteiger partial charge in [-0.2, -0.15) is 0 Å². The van der Waals surface area contributed by atoms with Crippen LogP contribution in [0.4, 0.5) is 0 Å². The van der Waals surface area contributed by atoms with E-state index in [1.54, 1.807) is 0 Å². The molecule has 0 aliphatic carbocycles. The Morgan fingerprint density at radius 2 is 1.25 bits per heavy atom. The quantitative estimate of drug-likeness (QED) is 0.413. The van der Waals surface area contributed by atoms with Gasteiger partial charge in [0.15, 0.2) is 0 Å². The van der Waals surface area contributed by atoms with Crippen LogP contribution in [0.15, 0.2) is 0 Å². The Kier molecular flexibility index (Phi) is 94.8. The Bertz CT molecular complexity index is 8.00. The fourth-order valence-corrected chi connectivity index (χ4v) is 0. The average Bonchev–Trinajstić information content (AvgIpc) is 1.50. The molecule has 0 aliphatic heterocycles. The second kappa shape index (κ2) is 42.9. The first-order chi connectivity index (χ1) is 2.00. The molecule has 0 saturated heterocycles. The summed E-state index contributed by atoms with van der Waals surface area (Å²) in [5.41, 5.74) is 0. The molecule has 0 atom stereocenters. The summed E-state index contributed by atoms with van der Waals surface area (Å²) in [7, 11) is 0. The average molecular weight is 154 g/mol. The molecule has 0 aromatic rings. The molecule has 0 aromatic heterocycles. The topological polar surface area (TPSA) is 34.1 Å². The van der Waals surface area contributed by atoms with Gasteiger partial charge < -0.3 is 0 Å². The Morgan fingerprint density at radius 3 is 1.25 bits per heavy atom. The van der Waals surface area contributed by atoms with E-state index < -0.39 is 0 Å². The van der Waals surface area contributed by atoms with E-state index in [1.807, 2.05) is 0 Å². The van der Waals surface area contributed by atoms with Gasteiger partial charge in [-0.3, -0.25) is 0 Å². The van der Waals surface area contributed by atoms with Crippen LogP contribution < -0.4 is 0 Å². The maximum absolute atomic E-state index is 8.38.